The van der Waals surface area contributed by atoms with Gasteiger partial charge < -0.3 is 9.15 Å². The highest BCUT2D eigenvalue weighted by Crippen LogP contribution is 2.18. The number of carbonyl (C=O) groups excluding carboxylic acids is 1. The predicted molar refractivity (Wildman–Crippen MR) is 89.3 cm³/mol. The van der Waals surface area contributed by atoms with Gasteiger partial charge in [-0.3, -0.25) is 9.69 Å². The summed E-state index contributed by atoms with van der Waals surface area (Å²) in [4.78, 5) is 13.7. The zero-order valence-electron chi connectivity index (χ0n) is 13.8. The minimum Gasteiger partial charge on any atom is -0.469 e. The van der Waals surface area contributed by atoms with Crippen LogP contribution < -0.4 is 0 Å². The van der Waals surface area contributed by atoms with Crippen LogP contribution in [0, 0.1) is 17.7 Å². The van der Waals surface area contributed by atoms with Gasteiger partial charge in [-0.25, -0.2) is 4.68 Å². The van der Waals surface area contributed by atoms with E-state index in [1.54, 1.807) is 4.68 Å². The van der Waals surface area contributed by atoms with Gasteiger partial charge in [-0.1, -0.05) is 24.6 Å². The summed E-state index contributed by atoms with van der Waals surface area (Å²) < 4.78 is 11.9. The van der Waals surface area contributed by atoms with Crippen molar-refractivity contribution in [1.82, 2.24) is 14.7 Å². The van der Waals surface area contributed by atoms with Crippen molar-refractivity contribution in [3.63, 3.8) is 0 Å². The van der Waals surface area contributed by atoms with Crippen molar-refractivity contribution < 1.29 is 13.9 Å². The summed E-state index contributed by atoms with van der Waals surface area (Å²) in [6.07, 6.45) is 0. The Kier molecular flexibility index (Phi) is 5.68. The fourth-order valence-corrected chi connectivity index (χ4v) is 2.42. The van der Waals surface area contributed by atoms with E-state index in [1.165, 1.54) is 12.7 Å². The van der Waals surface area contributed by atoms with Crippen molar-refractivity contribution in [3.8, 4) is 11.5 Å². The van der Waals surface area contributed by atoms with Crippen molar-refractivity contribution >= 4 is 18.2 Å². The molecule has 1 atom stereocenters. The minimum atomic E-state index is -0.235. The summed E-state index contributed by atoms with van der Waals surface area (Å²) in [7, 11) is 3.28. The van der Waals surface area contributed by atoms with Crippen LogP contribution in [0.4, 0.5) is 0 Å². The molecule has 1 heterocycles. The molecule has 7 heteroatoms. The molecule has 1 aromatic carbocycles. The van der Waals surface area contributed by atoms with E-state index in [0.29, 0.717) is 23.9 Å². The van der Waals surface area contributed by atoms with Crippen LogP contribution in [-0.2, 0) is 16.2 Å². The topological polar surface area (TPSA) is 60.5 Å². The van der Waals surface area contributed by atoms with Gasteiger partial charge in [0, 0.05) is 12.1 Å². The molecule has 0 aliphatic rings. The Morgan fingerprint density at radius 2 is 2.09 bits per heavy atom. The molecule has 1 aromatic heterocycles. The van der Waals surface area contributed by atoms with Gasteiger partial charge in [0.05, 0.1) is 19.7 Å². The second-order valence-electron chi connectivity index (χ2n) is 5.64. The maximum absolute atomic E-state index is 11.5. The first-order chi connectivity index (χ1) is 10.9. The zero-order chi connectivity index (χ0) is 17.0. The van der Waals surface area contributed by atoms with E-state index in [9.17, 15) is 4.79 Å². The highest BCUT2D eigenvalue weighted by molar-refractivity contribution is 7.71. The minimum absolute atomic E-state index is 0.220. The van der Waals surface area contributed by atoms with Crippen LogP contribution in [0.3, 0.4) is 0 Å². The van der Waals surface area contributed by atoms with Gasteiger partial charge in [-0.2, -0.15) is 0 Å². The zero-order valence-corrected chi connectivity index (χ0v) is 14.6. The molecule has 0 fully saturated rings. The number of rotatable bonds is 6. The molecule has 6 nitrogen and oxygen atoms in total. The molecule has 2 aromatic rings. The lowest BCUT2D eigenvalue weighted by molar-refractivity contribution is -0.145. The average molecular weight is 335 g/mol. The highest BCUT2D eigenvalue weighted by atomic mass is 32.1. The molecule has 0 unspecified atom stereocenters. The molecule has 2 rings (SSSR count). The van der Waals surface area contributed by atoms with Crippen LogP contribution in [0.15, 0.2) is 28.7 Å². The number of hydrogen-bond acceptors (Lipinski definition) is 6. The molecule has 0 bridgehead atoms. The van der Waals surface area contributed by atoms with Gasteiger partial charge in [-0.05, 0) is 38.3 Å². The Hall–Kier alpha value is -1.99. The monoisotopic (exact) mass is 335 g/mol. The Labute approximate surface area is 140 Å². The van der Waals surface area contributed by atoms with Crippen molar-refractivity contribution in [1.29, 1.82) is 0 Å². The number of carbonyl (C=O) groups is 1. The van der Waals surface area contributed by atoms with Gasteiger partial charge in [-0.15, -0.1) is 5.10 Å². The van der Waals surface area contributed by atoms with Crippen LogP contribution in [0.5, 0.6) is 0 Å². The molecule has 23 heavy (non-hydrogen) atoms. The quantitative estimate of drug-likeness (QED) is 0.597. The lowest BCUT2D eigenvalue weighted by Crippen LogP contribution is -2.31. The van der Waals surface area contributed by atoms with E-state index in [-0.39, 0.29) is 11.9 Å². The van der Waals surface area contributed by atoms with E-state index in [1.807, 2.05) is 50.1 Å². The molecule has 0 N–H and O–H groups in total. The maximum Gasteiger partial charge on any atom is 0.309 e. The lowest BCUT2D eigenvalue weighted by atomic mass is 10.1. The van der Waals surface area contributed by atoms with E-state index < -0.39 is 0 Å². The smallest absolute Gasteiger partial charge is 0.309 e. The van der Waals surface area contributed by atoms with Crippen molar-refractivity contribution in [2.45, 2.75) is 20.5 Å². The van der Waals surface area contributed by atoms with E-state index in [2.05, 4.69) is 5.10 Å². The van der Waals surface area contributed by atoms with Crippen LogP contribution in [-0.4, -0.2) is 41.4 Å². The Balaban J connectivity index is 2.08. The molecule has 0 spiro atoms. The Morgan fingerprint density at radius 1 is 1.43 bits per heavy atom. The number of aromatic nitrogens is 2. The standard InChI is InChI=1S/C16H21N3O3S/c1-11-5-7-13(8-6-11)14-17-19(16(23)22-14)10-18(3)9-12(2)15(20)21-4/h5-8,12H,9-10H2,1-4H3/t12-/m0/s1. The van der Waals surface area contributed by atoms with Crippen molar-refractivity contribution in [2.24, 2.45) is 5.92 Å². The Morgan fingerprint density at radius 3 is 2.70 bits per heavy atom. The first-order valence-corrected chi connectivity index (χ1v) is 7.73. The molecule has 0 aliphatic heterocycles. The number of nitrogens with zero attached hydrogens (tertiary/aromatic N) is 3. The summed E-state index contributed by atoms with van der Waals surface area (Å²) in [5.41, 5.74) is 2.05. The first kappa shape index (κ1) is 17.4. The predicted octanol–water partition coefficient (Wildman–Crippen LogP) is 2.88. The number of benzene rings is 1. The largest absolute Gasteiger partial charge is 0.469 e. The van der Waals surface area contributed by atoms with Crippen molar-refractivity contribution in [2.75, 3.05) is 20.7 Å². The van der Waals surface area contributed by atoms with Gasteiger partial charge in [0.2, 0.25) is 5.89 Å². The number of ether oxygens (including phenoxy) is 1. The van der Waals surface area contributed by atoms with E-state index in [4.69, 9.17) is 21.4 Å². The third kappa shape index (κ3) is 4.49. The fraction of sp³-hybridized carbons (Fsp3) is 0.438. The highest BCUT2D eigenvalue weighted by Gasteiger charge is 2.16. The van der Waals surface area contributed by atoms with E-state index in [0.717, 1.165) is 5.56 Å². The SMILES string of the molecule is COC(=O)[C@@H](C)CN(C)Cn1nc(-c2ccc(C)cc2)oc1=S. The summed E-state index contributed by atoms with van der Waals surface area (Å²) in [5.74, 6) is 0.0352. The summed E-state index contributed by atoms with van der Waals surface area (Å²) >= 11 is 5.22. The number of methoxy groups -OCH3 is 1. The molecule has 0 saturated heterocycles. The van der Waals surface area contributed by atoms with Crippen LogP contribution in [0.1, 0.15) is 12.5 Å². The summed E-state index contributed by atoms with van der Waals surface area (Å²) in [6, 6.07) is 7.89. The number of aryl methyl sites for hydroxylation is 1. The van der Waals surface area contributed by atoms with Crippen LogP contribution in [0.25, 0.3) is 11.5 Å². The maximum atomic E-state index is 11.5. The second kappa shape index (κ2) is 7.52. The lowest BCUT2D eigenvalue weighted by Gasteiger charge is -2.19. The number of esters is 1. The number of hydrogen-bond donors (Lipinski definition) is 0. The molecular weight excluding hydrogens is 314 g/mol. The molecular formula is C16H21N3O3S. The molecule has 0 saturated carbocycles. The molecule has 0 aliphatic carbocycles. The van der Waals surface area contributed by atoms with Crippen LogP contribution in [0.2, 0.25) is 0 Å². The normalized spacial score (nSPS) is 12.4. The average Bonchev–Trinajstić information content (AvgIpc) is 2.87. The molecule has 0 amide bonds. The van der Waals surface area contributed by atoms with Gasteiger partial charge in [0.1, 0.15) is 0 Å². The van der Waals surface area contributed by atoms with Gasteiger partial charge >= 0.3 is 5.97 Å². The fourth-order valence-electron chi connectivity index (χ4n) is 2.24. The molecule has 0 radical (unpaired) electrons. The third-order valence-electron chi connectivity index (χ3n) is 3.47. The van der Waals surface area contributed by atoms with Crippen LogP contribution >= 0.6 is 12.2 Å². The van der Waals surface area contributed by atoms with Gasteiger partial charge in [0.15, 0.2) is 0 Å². The third-order valence-corrected chi connectivity index (χ3v) is 3.76. The van der Waals surface area contributed by atoms with E-state index >= 15 is 0 Å². The second-order valence-corrected chi connectivity index (χ2v) is 5.99. The molecule has 124 valence electrons. The Bertz CT molecular complexity index is 721. The first-order valence-electron chi connectivity index (χ1n) is 7.32. The van der Waals surface area contributed by atoms with Gasteiger partial charge in [0.25, 0.3) is 4.84 Å². The summed E-state index contributed by atoms with van der Waals surface area (Å²) in [5, 5.41) is 4.41. The summed E-state index contributed by atoms with van der Waals surface area (Å²) in [6.45, 7) is 4.83. The van der Waals surface area contributed by atoms with Crippen molar-refractivity contribution in [3.05, 3.63) is 34.7 Å².